The topological polar surface area (TPSA) is 182 Å². The molecule has 0 unspecified atom stereocenters. The molecule has 1 aromatic carbocycles. The first-order valence-electron chi connectivity index (χ1n) is 13.0. The molecule has 0 spiro atoms. The number of benzene rings is 1. The number of nitrogens with zero attached hydrogens (tertiary/aromatic N) is 3. The molecule has 0 bridgehead atoms. The Morgan fingerprint density at radius 1 is 1.00 bits per heavy atom. The molecule has 1 aliphatic rings. The van der Waals surface area contributed by atoms with Gasteiger partial charge in [0.2, 0.25) is 0 Å². The molecule has 0 saturated carbocycles. The molecule has 1 aliphatic heterocycles. The summed E-state index contributed by atoms with van der Waals surface area (Å²) in [6, 6.07) is 7.69. The van der Waals surface area contributed by atoms with Gasteiger partial charge in [0.05, 0.1) is 20.0 Å². The van der Waals surface area contributed by atoms with Gasteiger partial charge in [-0.15, -0.1) is 0 Å². The Bertz CT molecular complexity index is 1170. The lowest BCUT2D eigenvalue weighted by atomic mass is 9.79. The van der Waals surface area contributed by atoms with Crippen LogP contribution in [0.5, 0.6) is 6.01 Å². The highest BCUT2D eigenvalue weighted by Crippen LogP contribution is 2.33. The molecular formula is C28H39FN4O8. The van der Waals surface area contributed by atoms with Gasteiger partial charge >= 0.3 is 23.9 Å². The molecule has 13 heteroatoms. The fourth-order valence-electron chi connectivity index (χ4n) is 5.16. The van der Waals surface area contributed by atoms with Crippen molar-refractivity contribution in [3.63, 3.8) is 0 Å². The number of hydrogen-bond acceptors (Lipinski definition) is 9. The zero-order valence-corrected chi connectivity index (χ0v) is 23.9. The summed E-state index contributed by atoms with van der Waals surface area (Å²) in [6.07, 6.45) is 3.27. The van der Waals surface area contributed by atoms with Crippen LogP contribution in [0.1, 0.15) is 64.5 Å². The van der Waals surface area contributed by atoms with E-state index in [0.29, 0.717) is 30.7 Å². The summed E-state index contributed by atoms with van der Waals surface area (Å²) >= 11 is 0. The van der Waals surface area contributed by atoms with Gasteiger partial charge < -0.3 is 30.5 Å². The van der Waals surface area contributed by atoms with Crippen molar-refractivity contribution in [2.24, 2.45) is 0 Å². The molecule has 5 N–H and O–H groups in total. The van der Waals surface area contributed by atoms with E-state index in [0.717, 1.165) is 18.4 Å². The molecular weight excluding hydrogens is 539 g/mol. The molecule has 2 aromatic rings. The SMILES string of the molecule is COc1ncc(CN(Cc2ccccc2F)C2CC(C)(C)NC(C)(C)C2)cn1.O=C(O)CC(O)(CC(=O)O)C(=O)O. The number of rotatable bonds is 11. The van der Waals surface area contributed by atoms with Crippen LogP contribution in [0, 0.1) is 5.82 Å². The van der Waals surface area contributed by atoms with E-state index in [1.165, 1.54) is 6.07 Å². The Hall–Kier alpha value is -3.68. The molecule has 0 atom stereocenters. The average molecular weight is 579 g/mol. The van der Waals surface area contributed by atoms with E-state index in [-0.39, 0.29) is 16.9 Å². The summed E-state index contributed by atoms with van der Waals surface area (Å²) in [5.74, 6) is -5.18. The number of aliphatic carboxylic acids is 3. The van der Waals surface area contributed by atoms with Crippen molar-refractivity contribution in [3.05, 3.63) is 53.6 Å². The van der Waals surface area contributed by atoms with E-state index in [1.807, 2.05) is 12.1 Å². The number of carbonyl (C=O) groups is 3. The standard InChI is InChI=1S/C22H31FN4O.C6H8O7/c1-21(2)10-18(11-22(3,4)26-21)27(15-17-8-6-7-9-19(17)23)14-16-12-24-20(28-5)25-13-16;7-3(8)1-6(13,5(11)12)2-4(9)10/h6-9,12-13,18,26H,10-11,14-15H2,1-5H3;13H,1-2H2,(H,7,8)(H,9,10)(H,11,12). The lowest BCUT2D eigenvalue weighted by molar-refractivity contribution is -0.170. The van der Waals surface area contributed by atoms with Gasteiger partial charge in [0.1, 0.15) is 5.82 Å². The maximum absolute atomic E-state index is 14.4. The zero-order chi connectivity index (χ0) is 31.0. The van der Waals surface area contributed by atoms with Crippen molar-refractivity contribution in [3.8, 4) is 6.01 Å². The van der Waals surface area contributed by atoms with Crippen LogP contribution >= 0.6 is 0 Å². The predicted molar refractivity (Wildman–Crippen MR) is 146 cm³/mol. The Morgan fingerprint density at radius 3 is 1.95 bits per heavy atom. The van der Waals surface area contributed by atoms with Crippen LogP contribution in [0.3, 0.4) is 0 Å². The number of ether oxygens (including phenoxy) is 1. The highest BCUT2D eigenvalue weighted by atomic mass is 19.1. The maximum Gasteiger partial charge on any atom is 0.336 e. The van der Waals surface area contributed by atoms with Gasteiger partial charge in [-0.1, -0.05) is 18.2 Å². The predicted octanol–water partition coefficient (Wildman–Crippen LogP) is 2.69. The zero-order valence-electron chi connectivity index (χ0n) is 23.9. The summed E-state index contributed by atoms with van der Waals surface area (Å²) in [5.41, 5.74) is -1.01. The first-order valence-corrected chi connectivity index (χ1v) is 13.0. The number of methoxy groups -OCH3 is 1. The van der Waals surface area contributed by atoms with Crippen LogP contribution in [0.4, 0.5) is 4.39 Å². The summed E-state index contributed by atoms with van der Waals surface area (Å²) in [6.45, 7) is 10.2. The Labute approximate surface area is 238 Å². The molecule has 2 heterocycles. The molecule has 0 amide bonds. The van der Waals surface area contributed by atoms with Gasteiger partial charge in [0.25, 0.3) is 0 Å². The van der Waals surface area contributed by atoms with Gasteiger partial charge in [0, 0.05) is 53.7 Å². The lowest BCUT2D eigenvalue weighted by Gasteiger charge is -2.49. The van der Waals surface area contributed by atoms with Gasteiger partial charge in [-0.3, -0.25) is 14.5 Å². The fourth-order valence-corrected chi connectivity index (χ4v) is 5.16. The van der Waals surface area contributed by atoms with Crippen molar-refractivity contribution in [2.45, 2.75) is 89.2 Å². The number of halogens is 1. The number of carboxylic acids is 3. The molecule has 3 rings (SSSR count). The highest BCUT2D eigenvalue weighted by Gasteiger charge is 2.41. The Kier molecular flexibility index (Phi) is 11.3. The first kappa shape index (κ1) is 33.5. The van der Waals surface area contributed by atoms with Crippen LogP contribution in [0.2, 0.25) is 0 Å². The first-order chi connectivity index (χ1) is 18.9. The molecule has 226 valence electrons. The Balaban J connectivity index is 0.000000383. The van der Waals surface area contributed by atoms with Crippen molar-refractivity contribution in [1.82, 2.24) is 20.2 Å². The summed E-state index contributed by atoms with van der Waals surface area (Å²) in [7, 11) is 1.55. The number of aliphatic hydroxyl groups is 1. The van der Waals surface area contributed by atoms with E-state index in [2.05, 4.69) is 47.9 Å². The molecule has 1 fully saturated rings. The van der Waals surface area contributed by atoms with Crippen molar-refractivity contribution >= 4 is 17.9 Å². The van der Waals surface area contributed by atoms with Crippen LogP contribution in [-0.2, 0) is 27.5 Å². The second-order valence-corrected chi connectivity index (χ2v) is 11.5. The van der Waals surface area contributed by atoms with Gasteiger partial charge in [-0.25, -0.2) is 19.2 Å². The third-order valence-electron chi connectivity index (χ3n) is 6.55. The minimum absolute atomic E-state index is 0.0102. The third kappa shape index (κ3) is 10.7. The van der Waals surface area contributed by atoms with E-state index in [9.17, 15) is 18.8 Å². The van der Waals surface area contributed by atoms with Crippen LogP contribution in [-0.4, -0.2) is 83.0 Å². The lowest BCUT2D eigenvalue weighted by Crippen LogP contribution is -2.62. The van der Waals surface area contributed by atoms with Crippen molar-refractivity contribution < 1.29 is 43.9 Å². The molecule has 0 aliphatic carbocycles. The normalized spacial score (nSPS) is 16.4. The van der Waals surface area contributed by atoms with Gasteiger partial charge in [-0.2, -0.15) is 0 Å². The summed E-state index contributed by atoms with van der Waals surface area (Å²) in [4.78, 5) is 41.3. The average Bonchev–Trinajstić information content (AvgIpc) is 2.83. The van der Waals surface area contributed by atoms with E-state index >= 15 is 0 Å². The summed E-state index contributed by atoms with van der Waals surface area (Å²) in [5, 5.41) is 37.5. The number of aromatic nitrogens is 2. The molecule has 12 nitrogen and oxygen atoms in total. The van der Waals surface area contributed by atoms with Crippen LogP contribution in [0.25, 0.3) is 0 Å². The minimum Gasteiger partial charge on any atom is -0.481 e. The van der Waals surface area contributed by atoms with E-state index in [4.69, 9.17) is 25.2 Å². The number of piperidine rings is 1. The van der Waals surface area contributed by atoms with E-state index in [1.54, 1.807) is 25.6 Å². The van der Waals surface area contributed by atoms with Crippen molar-refractivity contribution in [2.75, 3.05) is 7.11 Å². The molecule has 1 aromatic heterocycles. The monoisotopic (exact) mass is 578 g/mol. The fraction of sp³-hybridized carbons (Fsp3) is 0.536. The number of carboxylic acid groups (broad SMARTS) is 3. The second kappa shape index (κ2) is 13.8. The quantitative estimate of drug-likeness (QED) is 0.263. The third-order valence-corrected chi connectivity index (χ3v) is 6.55. The second-order valence-electron chi connectivity index (χ2n) is 11.5. The van der Waals surface area contributed by atoms with Crippen molar-refractivity contribution in [1.29, 1.82) is 0 Å². The number of nitrogens with one attached hydrogen (secondary N) is 1. The molecule has 1 saturated heterocycles. The summed E-state index contributed by atoms with van der Waals surface area (Å²) < 4.78 is 19.4. The molecule has 0 radical (unpaired) electrons. The molecule has 41 heavy (non-hydrogen) atoms. The largest absolute Gasteiger partial charge is 0.481 e. The maximum atomic E-state index is 14.4. The Morgan fingerprint density at radius 2 is 1.51 bits per heavy atom. The van der Waals surface area contributed by atoms with Gasteiger partial charge in [-0.05, 0) is 46.6 Å². The minimum atomic E-state index is -2.74. The highest BCUT2D eigenvalue weighted by molar-refractivity contribution is 5.88. The number of hydrogen-bond donors (Lipinski definition) is 5. The van der Waals surface area contributed by atoms with E-state index < -0.39 is 36.4 Å². The van der Waals surface area contributed by atoms with Gasteiger partial charge in [0.15, 0.2) is 5.60 Å². The smallest absolute Gasteiger partial charge is 0.336 e. The van der Waals surface area contributed by atoms with Crippen LogP contribution < -0.4 is 10.1 Å². The van der Waals surface area contributed by atoms with Crippen LogP contribution in [0.15, 0.2) is 36.7 Å².